The van der Waals surface area contributed by atoms with Gasteiger partial charge in [-0.1, -0.05) is 49.7 Å². The molecule has 1 N–H and O–H groups in total. The van der Waals surface area contributed by atoms with Crippen LogP contribution in [0.5, 0.6) is 11.5 Å². The van der Waals surface area contributed by atoms with Crippen LogP contribution in [-0.2, 0) is 11.2 Å². The van der Waals surface area contributed by atoms with E-state index in [9.17, 15) is 4.79 Å². The lowest BCUT2D eigenvalue weighted by atomic mass is 10.1. The Morgan fingerprint density at radius 3 is 2.52 bits per heavy atom. The third-order valence-corrected chi connectivity index (χ3v) is 4.32. The van der Waals surface area contributed by atoms with E-state index in [4.69, 9.17) is 9.47 Å². The summed E-state index contributed by atoms with van der Waals surface area (Å²) in [5.41, 5.74) is 2.35. The van der Waals surface area contributed by atoms with Crippen molar-refractivity contribution in [3.63, 3.8) is 0 Å². The Balaban J connectivity index is 1.78. The van der Waals surface area contributed by atoms with Crippen LogP contribution in [0.2, 0.25) is 0 Å². The van der Waals surface area contributed by atoms with Gasteiger partial charge in [-0.25, -0.2) is 0 Å². The zero-order chi connectivity index (χ0) is 19.5. The fourth-order valence-electron chi connectivity index (χ4n) is 2.77. The van der Waals surface area contributed by atoms with Gasteiger partial charge in [-0.05, 0) is 56.4 Å². The van der Waals surface area contributed by atoms with Gasteiger partial charge in [0.05, 0.1) is 6.61 Å². The molecule has 0 aliphatic rings. The van der Waals surface area contributed by atoms with Gasteiger partial charge in [0.15, 0.2) is 6.10 Å². The van der Waals surface area contributed by atoms with Gasteiger partial charge >= 0.3 is 0 Å². The van der Waals surface area contributed by atoms with E-state index in [0.29, 0.717) is 13.0 Å². The van der Waals surface area contributed by atoms with E-state index >= 15 is 0 Å². The summed E-state index contributed by atoms with van der Waals surface area (Å²) in [5, 5.41) is 2.99. The molecule has 0 saturated carbocycles. The molecule has 0 aliphatic carbocycles. The van der Waals surface area contributed by atoms with Crippen LogP contribution in [0.15, 0.2) is 48.5 Å². The summed E-state index contributed by atoms with van der Waals surface area (Å²) in [7, 11) is 0. The lowest BCUT2D eigenvalue weighted by molar-refractivity contribution is -0.128. The van der Waals surface area contributed by atoms with E-state index in [0.717, 1.165) is 37.4 Å². The van der Waals surface area contributed by atoms with Crippen molar-refractivity contribution in [1.82, 2.24) is 5.32 Å². The molecule has 0 unspecified atom stereocenters. The van der Waals surface area contributed by atoms with Crippen molar-refractivity contribution in [3.05, 3.63) is 59.7 Å². The highest BCUT2D eigenvalue weighted by atomic mass is 16.5. The normalized spacial score (nSPS) is 11.7. The molecule has 0 fully saturated rings. The average Bonchev–Trinajstić information content (AvgIpc) is 2.69. The summed E-state index contributed by atoms with van der Waals surface area (Å²) in [6.07, 6.45) is 2.89. The molecular formula is C23H31NO3. The Morgan fingerprint density at radius 2 is 1.81 bits per heavy atom. The first-order chi connectivity index (χ1) is 13.1. The first kappa shape index (κ1) is 20.8. The summed E-state index contributed by atoms with van der Waals surface area (Å²) in [4.78, 5) is 12.4. The highest BCUT2D eigenvalue weighted by Gasteiger charge is 2.17. The van der Waals surface area contributed by atoms with Crippen LogP contribution in [-0.4, -0.2) is 25.2 Å². The maximum Gasteiger partial charge on any atom is 0.261 e. The molecule has 4 heteroatoms. The van der Waals surface area contributed by atoms with E-state index in [1.165, 1.54) is 11.1 Å². The van der Waals surface area contributed by atoms with Crippen LogP contribution < -0.4 is 14.8 Å². The SMILES string of the molecule is CCCOc1ccccc1CCCNC(=O)[C@H](CC)Oc1ccc(C)cc1. The number of amides is 1. The maximum absolute atomic E-state index is 12.4. The average molecular weight is 370 g/mol. The summed E-state index contributed by atoms with van der Waals surface area (Å²) < 4.78 is 11.6. The van der Waals surface area contributed by atoms with Gasteiger partial charge in [-0.2, -0.15) is 0 Å². The molecule has 27 heavy (non-hydrogen) atoms. The van der Waals surface area contributed by atoms with Crippen molar-refractivity contribution < 1.29 is 14.3 Å². The van der Waals surface area contributed by atoms with Crippen molar-refractivity contribution >= 4 is 5.91 Å². The van der Waals surface area contributed by atoms with Crippen molar-refractivity contribution in [3.8, 4) is 11.5 Å². The van der Waals surface area contributed by atoms with E-state index in [1.807, 2.05) is 56.3 Å². The minimum absolute atomic E-state index is 0.0615. The number of hydrogen-bond donors (Lipinski definition) is 1. The van der Waals surface area contributed by atoms with Gasteiger partial charge in [0.25, 0.3) is 5.91 Å². The van der Waals surface area contributed by atoms with Gasteiger partial charge < -0.3 is 14.8 Å². The van der Waals surface area contributed by atoms with Gasteiger partial charge in [-0.15, -0.1) is 0 Å². The summed E-state index contributed by atoms with van der Waals surface area (Å²) in [6.45, 7) is 7.43. The zero-order valence-electron chi connectivity index (χ0n) is 16.7. The maximum atomic E-state index is 12.4. The number of carbonyl (C=O) groups excluding carboxylic acids is 1. The highest BCUT2D eigenvalue weighted by molar-refractivity contribution is 5.81. The predicted molar refractivity (Wildman–Crippen MR) is 109 cm³/mol. The van der Waals surface area contributed by atoms with E-state index in [1.54, 1.807) is 0 Å². The van der Waals surface area contributed by atoms with Crippen LogP contribution in [0, 0.1) is 6.92 Å². The highest BCUT2D eigenvalue weighted by Crippen LogP contribution is 2.19. The van der Waals surface area contributed by atoms with Crippen LogP contribution in [0.3, 0.4) is 0 Å². The third-order valence-electron chi connectivity index (χ3n) is 4.32. The van der Waals surface area contributed by atoms with Crippen molar-refractivity contribution in [2.75, 3.05) is 13.2 Å². The quantitative estimate of drug-likeness (QED) is 0.585. The fraction of sp³-hybridized carbons (Fsp3) is 0.435. The zero-order valence-corrected chi connectivity index (χ0v) is 16.7. The molecule has 0 aliphatic heterocycles. The van der Waals surface area contributed by atoms with Gasteiger partial charge in [-0.3, -0.25) is 4.79 Å². The van der Waals surface area contributed by atoms with Gasteiger partial charge in [0, 0.05) is 6.54 Å². The Hall–Kier alpha value is -2.49. The van der Waals surface area contributed by atoms with Crippen LogP contribution >= 0.6 is 0 Å². The van der Waals surface area contributed by atoms with Gasteiger partial charge in [0.1, 0.15) is 11.5 Å². The first-order valence-corrected chi connectivity index (χ1v) is 9.85. The minimum atomic E-state index is -0.465. The number of carbonyl (C=O) groups is 1. The molecule has 1 amide bonds. The summed E-state index contributed by atoms with van der Waals surface area (Å²) in [5.74, 6) is 1.61. The minimum Gasteiger partial charge on any atom is -0.493 e. The molecule has 0 saturated heterocycles. The topological polar surface area (TPSA) is 47.6 Å². The molecule has 146 valence electrons. The second-order valence-corrected chi connectivity index (χ2v) is 6.68. The predicted octanol–water partition coefficient (Wildman–Crippen LogP) is 4.69. The molecule has 0 radical (unpaired) electrons. The fourth-order valence-corrected chi connectivity index (χ4v) is 2.77. The number of ether oxygens (including phenoxy) is 2. The smallest absolute Gasteiger partial charge is 0.261 e. The Kier molecular flexibility index (Phi) is 8.69. The number of hydrogen-bond acceptors (Lipinski definition) is 3. The van der Waals surface area contributed by atoms with Gasteiger partial charge in [0.2, 0.25) is 0 Å². The molecule has 2 aromatic carbocycles. The summed E-state index contributed by atoms with van der Waals surface area (Å²) in [6, 6.07) is 15.9. The number of rotatable bonds is 11. The lowest BCUT2D eigenvalue weighted by Gasteiger charge is -2.17. The van der Waals surface area contributed by atoms with Crippen molar-refractivity contribution in [2.24, 2.45) is 0 Å². The Bertz CT molecular complexity index is 697. The molecule has 4 nitrogen and oxygen atoms in total. The van der Waals surface area contributed by atoms with Crippen LogP contribution in [0.25, 0.3) is 0 Å². The Morgan fingerprint density at radius 1 is 1.07 bits per heavy atom. The second kappa shape index (κ2) is 11.3. The molecule has 0 bridgehead atoms. The number of para-hydroxylation sites is 1. The second-order valence-electron chi connectivity index (χ2n) is 6.68. The molecule has 1 atom stereocenters. The molecule has 0 aromatic heterocycles. The molecule has 0 spiro atoms. The van der Waals surface area contributed by atoms with E-state index in [-0.39, 0.29) is 5.91 Å². The first-order valence-electron chi connectivity index (χ1n) is 9.85. The molecule has 2 rings (SSSR count). The number of aryl methyl sites for hydroxylation is 2. The molecular weight excluding hydrogens is 338 g/mol. The van der Waals surface area contributed by atoms with Crippen molar-refractivity contribution in [2.45, 2.75) is 52.6 Å². The van der Waals surface area contributed by atoms with E-state index < -0.39 is 6.10 Å². The molecule has 2 aromatic rings. The largest absolute Gasteiger partial charge is 0.493 e. The van der Waals surface area contributed by atoms with Crippen LogP contribution in [0.1, 0.15) is 44.2 Å². The monoisotopic (exact) mass is 369 g/mol. The van der Waals surface area contributed by atoms with Crippen LogP contribution in [0.4, 0.5) is 0 Å². The lowest BCUT2D eigenvalue weighted by Crippen LogP contribution is -2.38. The summed E-state index contributed by atoms with van der Waals surface area (Å²) >= 11 is 0. The number of benzene rings is 2. The third kappa shape index (κ3) is 6.97. The van der Waals surface area contributed by atoms with Crippen molar-refractivity contribution in [1.29, 1.82) is 0 Å². The number of nitrogens with one attached hydrogen (secondary N) is 1. The van der Waals surface area contributed by atoms with E-state index in [2.05, 4.69) is 18.3 Å². The standard InChI is InChI=1S/C23H31NO3/c1-4-17-26-22-11-7-6-9-19(22)10-8-16-24-23(25)21(5-2)27-20-14-12-18(3)13-15-20/h6-7,9,11-15,21H,4-5,8,10,16-17H2,1-3H3,(H,24,25)/t21-/m0/s1. The molecule has 0 heterocycles. The Labute approximate surface area is 162 Å².